The van der Waals surface area contributed by atoms with Crippen LogP contribution in [-0.4, -0.2) is 49.1 Å². The van der Waals surface area contributed by atoms with Crippen LogP contribution in [0.1, 0.15) is 26.7 Å². The van der Waals surface area contributed by atoms with Crippen molar-refractivity contribution in [3.05, 3.63) is 0 Å². The second kappa shape index (κ2) is 6.83. The average Bonchev–Trinajstić information content (AvgIpc) is 2.29. The van der Waals surface area contributed by atoms with Crippen molar-refractivity contribution in [1.82, 2.24) is 5.32 Å². The van der Waals surface area contributed by atoms with E-state index in [-0.39, 0.29) is 18.1 Å². The van der Waals surface area contributed by atoms with Crippen LogP contribution in [0.15, 0.2) is 0 Å². The summed E-state index contributed by atoms with van der Waals surface area (Å²) in [5.41, 5.74) is 5.00. The molecular weight excluding hydrogens is 252 g/mol. The van der Waals surface area contributed by atoms with E-state index in [2.05, 4.69) is 19.2 Å². The summed E-state index contributed by atoms with van der Waals surface area (Å²) in [4.78, 5) is 21.6. The molecule has 19 heavy (non-hydrogen) atoms. The highest BCUT2D eigenvalue weighted by molar-refractivity contribution is 5.83. The Morgan fingerprint density at radius 2 is 2.00 bits per heavy atom. The number of amides is 1. The van der Waals surface area contributed by atoms with Gasteiger partial charge in [-0.3, -0.25) is 9.59 Å². The van der Waals surface area contributed by atoms with E-state index in [0.29, 0.717) is 26.2 Å². The van der Waals surface area contributed by atoms with Crippen molar-refractivity contribution in [2.75, 3.05) is 19.8 Å². The lowest BCUT2D eigenvalue weighted by atomic mass is 9.95. The van der Waals surface area contributed by atoms with Crippen molar-refractivity contribution in [3.63, 3.8) is 0 Å². The number of carboxylic acid groups (broad SMARTS) is 1. The first-order valence-electron chi connectivity index (χ1n) is 6.28. The molecule has 4 N–H and O–H groups in total. The third-order valence-corrected chi connectivity index (χ3v) is 2.79. The molecule has 1 aliphatic rings. The van der Waals surface area contributed by atoms with Gasteiger partial charge in [0.1, 0.15) is 6.04 Å². The molecule has 7 heteroatoms. The van der Waals surface area contributed by atoms with Gasteiger partial charge in [0.15, 0.2) is 6.29 Å². The number of carbonyl (C=O) groups excluding carboxylic acids is 1. The Balaban J connectivity index is 2.25. The van der Waals surface area contributed by atoms with E-state index in [4.69, 9.17) is 20.3 Å². The van der Waals surface area contributed by atoms with Crippen molar-refractivity contribution in [2.24, 2.45) is 11.1 Å². The van der Waals surface area contributed by atoms with E-state index in [0.717, 1.165) is 0 Å². The predicted molar refractivity (Wildman–Crippen MR) is 67.3 cm³/mol. The fourth-order valence-electron chi connectivity index (χ4n) is 1.72. The second-order valence-corrected chi connectivity index (χ2v) is 5.52. The van der Waals surface area contributed by atoms with E-state index in [1.54, 1.807) is 0 Å². The first-order chi connectivity index (χ1) is 8.80. The zero-order valence-corrected chi connectivity index (χ0v) is 11.3. The van der Waals surface area contributed by atoms with Crippen LogP contribution in [0.3, 0.4) is 0 Å². The number of primary amides is 1. The van der Waals surface area contributed by atoms with Crippen LogP contribution in [0, 0.1) is 5.41 Å². The SMILES string of the molecule is CC1(C)COC(CCN[C@@H](CC(N)=O)C(=O)O)OC1. The molecule has 1 heterocycles. The summed E-state index contributed by atoms with van der Waals surface area (Å²) in [5, 5.41) is 11.7. The van der Waals surface area contributed by atoms with Crippen LogP contribution >= 0.6 is 0 Å². The molecule has 1 atom stereocenters. The smallest absolute Gasteiger partial charge is 0.321 e. The maximum absolute atomic E-state index is 10.9. The lowest BCUT2D eigenvalue weighted by Gasteiger charge is -2.34. The Labute approximate surface area is 112 Å². The number of hydrogen-bond acceptors (Lipinski definition) is 5. The van der Waals surface area contributed by atoms with Crippen LogP contribution in [0.2, 0.25) is 0 Å². The Kier molecular flexibility index (Phi) is 5.71. The molecule has 1 rings (SSSR count). The van der Waals surface area contributed by atoms with E-state index in [9.17, 15) is 9.59 Å². The lowest BCUT2D eigenvalue weighted by molar-refractivity contribution is -0.223. The number of ether oxygens (including phenoxy) is 2. The minimum absolute atomic E-state index is 0.0134. The number of carboxylic acids is 1. The van der Waals surface area contributed by atoms with Crippen molar-refractivity contribution >= 4 is 11.9 Å². The van der Waals surface area contributed by atoms with Crippen LogP contribution in [0.5, 0.6) is 0 Å². The van der Waals surface area contributed by atoms with Gasteiger partial charge in [0, 0.05) is 18.4 Å². The van der Waals surface area contributed by atoms with Gasteiger partial charge in [-0.15, -0.1) is 0 Å². The fraction of sp³-hybridized carbons (Fsp3) is 0.833. The molecule has 1 amide bonds. The van der Waals surface area contributed by atoms with E-state index < -0.39 is 17.9 Å². The summed E-state index contributed by atoms with van der Waals surface area (Å²) in [5.74, 6) is -1.74. The van der Waals surface area contributed by atoms with Crippen molar-refractivity contribution in [3.8, 4) is 0 Å². The molecule has 0 saturated carbocycles. The second-order valence-electron chi connectivity index (χ2n) is 5.52. The summed E-state index contributed by atoms with van der Waals surface area (Å²) < 4.78 is 11.0. The van der Waals surface area contributed by atoms with Gasteiger partial charge in [-0.2, -0.15) is 0 Å². The number of nitrogens with two attached hydrogens (primary N) is 1. The molecule has 7 nitrogen and oxygen atoms in total. The van der Waals surface area contributed by atoms with E-state index in [1.165, 1.54) is 0 Å². The maximum atomic E-state index is 10.9. The highest BCUT2D eigenvalue weighted by atomic mass is 16.7. The topological polar surface area (TPSA) is 111 Å². The van der Waals surface area contributed by atoms with Gasteiger partial charge in [-0.25, -0.2) is 0 Å². The maximum Gasteiger partial charge on any atom is 0.321 e. The molecule has 1 aliphatic heterocycles. The summed E-state index contributed by atoms with van der Waals surface area (Å²) >= 11 is 0. The number of rotatable bonds is 7. The highest BCUT2D eigenvalue weighted by Gasteiger charge is 2.28. The monoisotopic (exact) mass is 274 g/mol. The molecule has 0 radical (unpaired) electrons. The van der Waals surface area contributed by atoms with Gasteiger partial charge < -0.3 is 25.6 Å². The van der Waals surface area contributed by atoms with Gasteiger partial charge in [0.25, 0.3) is 0 Å². The number of hydrogen-bond donors (Lipinski definition) is 3. The van der Waals surface area contributed by atoms with Crippen molar-refractivity contribution in [2.45, 2.75) is 39.0 Å². The minimum atomic E-state index is -1.09. The molecule has 1 saturated heterocycles. The lowest BCUT2D eigenvalue weighted by Crippen LogP contribution is -2.43. The van der Waals surface area contributed by atoms with Crippen LogP contribution in [0.25, 0.3) is 0 Å². The number of carbonyl (C=O) groups is 2. The third-order valence-electron chi connectivity index (χ3n) is 2.79. The first kappa shape index (κ1) is 15.9. The summed E-state index contributed by atoms with van der Waals surface area (Å²) in [6, 6.07) is -0.961. The quantitative estimate of drug-likeness (QED) is 0.587. The first-order valence-corrected chi connectivity index (χ1v) is 6.28. The van der Waals surface area contributed by atoms with Crippen LogP contribution in [-0.2, 0) is 19.1 Å². The molecule has 1 fully saturated rings. The molecule has 0 aliphatic carbocycles. The number of nitrogens with one attached hydrogen (secondary N) is 1. The summed E-state index contributed by atoms with van der Waals surface area (Å²) in [7, 11) is 0. The molecule has 0 spiro atoms. The molecule has 110 valence electrons. The molecule has 0 bridgehead atoms. The molecular formula is C12H22N2O5. The van der Waals surface area contributed by atoms with E-state index in [1.807, 2.05) is 0 Å². The Hall–Kier alpha value is -1.18. The zero-order chi connectivity index (χ0) is 14.5. The molecule has 0 aromatic heterocycles. The Morgan fingerprint density at radius 1 is 1.42 bits per heavy atom. The summed E-state index contributed by atoms with van der Waals surface area (Å²) in [6.45, 7) is 5.71. The zero-order valence-electron chi connectivity index (χ0n) is 11.3. The average molecular weight is 274 g/mol. The summed E-state index contributed by atoms with van der Waals surface area (Å²) in [6.07, 6.45) is -0.0311. The fourth-order valence-corrected chi connectivity index (χ4v) is 1.72. The molecule has 0 aromatic rings. The van der Waals surface area contributed by atoms with Crippen LogP contribution < -0.4 is 11.1 Å². The van der Waals surface area contributed by atoms with Crippen LogP contribution in [0.4, 0.5) is 0 Å². The Morgan fingerprint density at radius 3 is 2.47 bits per heavy atom. The molecule has 0 unspecified atom stereocenters. The van der Waals surface area contributed by atoms with Gasteiger partial charge in [0.05, 0.1) is 19.6 Å². The van der Waals surface area contributed by atoms with Gasteiger partial charge >= 0.3 is 5.97 Å². The normalized spacial score (nSPS) is 20.9. The third kappa shape index (κ3) is 6.00. The van der Waals surface area contributed by atoms with Gasteiger partial charge in [-0.1, -0.05) is 13.8 Å². The Bertz CT molecular complexity index is 322. The predicted octanol–water partition coefficient (Wildman–Crippen LogP) is -0.306. The van der Waals surface area contributed by atoms with Gasteiger partial charge in [-0.05, 0) is 0 Å². The highest BCUT2D eigenvalue weighted by Crippen LogP contribution is 2.23. The van der Waals surface area contributed by atoms with E-state index >= 15 is 0 Å². The number of aliphatic carboxylic acids is 1. The van der Waals surface area contributed by atoms with Gasteiger partial charge in [0.2, 0.25) is 5.91 Å². The molecule has 0 aromatic carbocycles. The van der Waals surface area contributed by atoms with Crippen molar-refractivity contribution in [1.29, 1.82) is 0 Å². The standard InChI is InChI=1S/C12H22N2O5/c1-12(2)6-18-10(19-7-12)3-4-14-8(11(16)17)5-9(13)15/h8,10,14H,3-7H2,1-2H3,(H2,13,15)(H,16,17)/t8-/m0/s1. The minimum Gasteiger partial charge on any atom is -0.480 e. The largest absolute Gasteiger partial charge is 0.480 e. The van der Waals surface area contributed by atoms with Crippen molar-refractivity contribution < 1.29 is 24.2 Å².